The van der Waals surface area contributed by atoms with Crippen molar-refractivity contribution in [1.29, 1.82) is 0 Å². The first-order chi connectivity index (χ1) is 20.5. The zero-order valence-corrected chi connectivity index (χ0v) is 24.8. The van der Waals surface area contributed by atoms with Crippen LogP contribution in [0.2, 0.25) is 10.0 Å². The van der Waals surface area contributed by atoms with Crippen LogP contribution in [0.5, 0.6) is 11.5 Å². The highest BCUT2D eigenvalue weighted by atomic mass is 35.5. The van der Waals surface area contributed by atoms with Crippen LogP contribution in [0.1, 0.15) is 22.5 Å². The SMILES string of the molecule is COc1cc(/C=N\N=C2\S/C(=C\C=C\c3ccccc3)C(=O)N2Cc2ccco2)ccc1OCc1ccc(Cl)cc1Cl. The summed E-state index contributed by atoms with van der Waals surface area (Å²) in [5.41, 5.74) is 2.58. The van der Waals surface area contributed by atoms with E-state index in [0.717, 1.165) is 16.7 Å². The smallest absolute Gasteiger partial charge is 0.267 e. The predicted molar refractivity (Wildman–Crippen MR) is 169 cm³/mol. The maximum atomic E-state index is 13.2. The fourth-order valence-electron chi connectivity index (χ4n) is 3.93. The van der Waals surface area contributed by atoms with Crippen molar-refractivity contribution in [2.45, 2.75) is 13.2 Å². The molecule has 0 radical (unpaired) electrons. The predicted octanol–water partition coefficient (Wildman–Crippen LogP) is 8.24. The van der Waals surface area contributed by atoms with E-state index in [2.05, 4.69) is 10.2 Å². The lowest BCUT2D eigenvalue weighted by molar-refractivity contribution is -0.122. The molecule has 1 saturated heterocycles. The highest BCUT2D eigenvalue weighted by molar-refractivity contribution is 8.18. The fraction of sp³-hybridized carbons (Fsp3) is 0.0938. The third kappa shape index (κ3) is 7.53. The number of allylic oxidation sites excluding steroid dienone is 2. The minimum atomic E-state index is -0.174. The number of carbonyl (C=O) groups is 1. The number of ether oxygens (including phenoxy) is 2. The van der Waals surface area contributed by atoms with Gasteiger partial charge in [-0.1, -0.05) is 71.8 Å². The molecule has 0 unspecified atom stereocenters. The van der Waals surface area contributed by atoms with Crippen LogP contribution < -0.4 is 9.47 Å². The lowest BCUT2D eigenvalue weighted by Crippen LogP contribution is -2.28. The van der Waals surface area contributed by atoms with Gasteiger partial charge in [0.2, 0.25) is 0 Å². The second kappa shape index (κ2) is 14.1. The molecule has 0 aliphatic carbocycles. The van der Waals surface area contributed by atoms with E-state index >= 15 is 0 Å². The van der Waals surface area contributed by atoms with E-state index < -0.39 is 0 Å². The molecule has 0 saturated carbocycles. The van der Waals surface area contributed by atoms with Crippen molar-refractivity contribution in [3.05, 3.63) is 135 Å². The Morgan fingerprint density at radius 2 is 1.83 bits per heavy atom. The molecular formula is C32H25Cl2N3O4S. The molecule has 1 aliphatic heterocycles. The second-order valence-corrected chi connectivity index (χ2v) is 10.8. The van der Waals surface area contributed by atoms with Gasteiger partial charge in [0.1, 0.15) is 12.4 Å². The van der Waals surface area contributed by atoms with Crippen molar-refractivity contribution in [3.8, 4) is 11.5 Å². The van der Waals surface area contributed by atoms with Crippen molar-refractivity contribution in [2.24, 2.45) is 10.2 Å². The summed E-state index contributed by atoms with van der Waals surface area (Å²) in [5, 5.41) is 10.2. The lowest BCUT2D eigenvalue weighted by atomic mass is 10.2. The summed E-state index contributed by atoms with van der Waals surface area (Å²) < 4.78 is 16.9. The first-order valence-corrected chi connectivity index (χ1v) is 14.4. The van der Waals surface area contributed by atoms with Gasteiger partial charge in [-0.3, -0.25) is 9.69 Å². The normalized spacial score (nSPS) is 15.5. The number of hydrogen-bond acceptors (Lipinski definition) is 7. The Morgan fingerprint density at radius 1 is 0.976 bits per heavy atom. The van der Waals surface area contributed by atoms with Gasteiger partial charge in [-0.15, -0.1) is 5.10 Å². The van der Waals surface area contributed by atoms with E-state index in [1.807, 2.05) is 60.7 Å². The minimum Gasteiger partial charge on any atom is -0.493 e. The monoisotopic (exact) mass is 617 g/mol. The summed E-state index contributed by atoms with van der Waals surface area (Å²) >= 11 is 13.5. The van der Waals surface area contributed by atoms with Gasteiger partial charge in [-0.25, -0.2) is 0 Å². The average molecular weight is 619 g/mol. The van der Waals surface area contributed by atoms with Crippen molar-refractivity contribution in [2.75, 3.05) is 7.11 Å². The summed E-state index contributed by atoms with van der Waals surface area (Å²) in [6.07, 6.45) is 8.73. The first kappa shape index (κ1) is 29.3. The number of amides is 1. The van der Waals surface area contributed by atoms with Crippen LogP contribution in [0.15, 0.2) is 117 Å². The van der Waals surface area contributed by atoms with E-state index in [1.54, 1.807) is 60.9 Å². The number of rotatable bonds is 10. The topological polar surface area (TPSA) is 76.6 Å². The zero-order valence-electron chi connectivity index (χ0n) is 22.4. The number of methoxy groups -OCH3 is 1. The number of nitrogens with zero attached hydrogens (tertiary/aromatic N) is 3. The Labute approximate surface area is 257 Å². The fourth-order valence-corrected chi connectivity index (χ4v) is 5.28. The molecule has 0 N–H and O–H groups in total. The molecule has 3 aromatic carbocycles. The average Bonchev–Trinajstić information content (AvgIpc) is 3.62. The van der Waals surface area contributed by atoms with Crippen molar-refractivity contribution < 1.29 is 18.7 Å². The number of furan rings is 1. The van der Waals surface area contributed by atoms with E-state index in [1.165, 1.54) is 11.8 Å². The highest BCUT2D eigenvalue weighted by Gasteiger charge is 2.33. The number of halogens is 2. The molecule has 1 aliphatic rings. The molecule has 5 rings (SSSR count). The van der Waals surface area contributed by atoms with Gasteiger partial charge in [0.15, 0.2) is 16.7 Å². The van der Waals surface area contributed by atoms with Crippen LogP contribution in [0.4, 0.5) is 0 Å². The Bertz CT molecular complexity index is 1670. The Kier molecular flexibility index (Phi) is 9.82. The van der Waals surface area contributed by atoms with E-state index in [4.69, 9.17) is 37.1 Å². The van der Waals surface area contributed by atoms with Crippen LogP contribution in [0, 0.1) is 0 Å². The quantitative estimate of drug-likeness (QED) is 0.102. The van der Waals surface area contributed by atoms with Gasteiger partial charge < -0.3 is 13.9 Å². The van der Waals surface area contributed by atoms with Crippen LogP contribution in [0.3, 0.4) is 0 Å². The summed E-state index contributed by atoms with van der Waals surface area (Å²) in [6.45, 7) is 0.491. The molecule has 4 aromatic rings. The van der Waals surface area contributed by atoms with Gasteiger partial charge in [0.25, 0.3) is 5.91 Å². The Hall–Kier alpha value is -4.24. The van der Waals surface area contributed by atoms with Crippen LogP contribution >= 0.6 is 35.0 Å². The molecule has 7 nitrogen and oxygen atoms in total. The molecule has 0 spiro atoms. The molecular weight excluding hydrogens is 593 g/mol. The minimum absolute atomic E-state index is 0.174. The van der Waals surface area contributed by atoms with E-state index in [-0.39, 0.29) is 19.1 Å². The molecule has 1 aromatic heterocycles. The molecule has 1 fully saturated rings. The standard InChI is InChI=1S/C32H25Cl2N3O4S/c1-39-29-17-23(12-15-28(29)41-21-24-13-14-25(33)18-27(24)34)19-35-36-32-37(20-26-10-6-16-40-26)31(38)30(42-32)11-5-9-22-7-3-2-4-8-22/h2-19H,20-21H2,1H3/b9-5+,30-11-,35-19-,36-32+. The maximum absolute atomic E-state index is 13.2. The zero-order chi connectivity index (χ0) is 29.3. The van der Waals surface area contributed by atoms with Crippen LogP contribution in [0.25, 0.3) is 6.08 Å². The number of hydrogen-bond donors (Lipinski definition) is 0. The number of thioether (sulfide) groups is 1. The molecule has 10 heteroatoms. The number of carbonyl (C=O) groups excluding carboxylic acids is 1. The van der Waals surface area contributed by atoms with Gasteiger partial charge in [-0.2, -0.15) is 5.10 Å². The molecule has 2 heterocycles. The van der Waals surface area contributed by atoms with Gasteiger partial charge >= 0.3 is 0 Å². The molecule has 0 bridgehead atoms. The largest absolute Gasteiger partial charge is 0.493 e. The summed E-state index contributed by atoms with van der Waals surface area (Å²) in [5.74, 6) is 1.54. The van der Waals surface area contributed by atoms with Crippen molar-refractivity contribution >= 4 is 58.3 Å². The van der Waals surface area contributed by atoms with Gasteiger partial charge in [0, 0.05) is 15.6 Å². The van der Waals surface area contributed by atoms with Gasteiger partial charge in [-0.05, 0) is 71.4 Å². The first-order valence-electron chi connectivity index (χ1n) is 12.8. The molecule has 1 amide bonds. The van der Waals surface area contributed by atoms with Crippen LogP contribution in [-0.4, -0.2) is 29.3 Å². The molecule has 212 valence electrons. The summed E-state index contributed by atoms with van der Waals surface area (Å²) in [6, 6.07) is 24.1. The summed E-state index contributed by atoms with van der Waals surface area (Å²) in [7, 11) is 1.56. The van der Waals surface area contributed by atoms with Crippen molar-refractivity contribution in [1.82, 2.24) is 4.90 Å². The van der Waals surface area contributed by atoms with E-state index in [9.17, 15) is 4.79 Å². The second-order valence-electron chi connectivity index (χ2n) is 8.94. The molecule has 0 atom stereocenters. The number of benzene rings is 3. The van der Waals surface area contributed by atoms with Crippen molar-refractivity contribution in [3.63, 3.8) is 0 Å². The summed E-state index contributed by atoms with van der Waals surface area (Å²) in [4.78, 5) is 15.3. The highest BCUT2D eigenvalue weighted by Crippen LogP contribution is 2.33. The van der Waals surface area contributed by atoms with Crippen LogP contribution in [-0.2, 0) is 17.9 Å². The third-order valence-corrected chi connectivity index (χ3v) is 7.66. The Morgan fingerprint density at radius 3 is 2.60 bits per heavy atom. The van der Waals surface area contributed by atoms with Gasteiger partial charge in [0.05, 0.1) is 31.0 Å². The van der Waals surface area contributed by atoms with E-state index in [0.29, 0.717) is 37.4 Å². The lowest BCUT2D eigenvalue weighted by Gasteiger charge is -2.13. The Balaban J connectivity index is 1.31. The number of amidine groups is 1. The molecule has 42 heavy (non-hydrogen) atoms. The maximum Gasteiger partial charge on any atom is 0.267 e. The third-order valence-electron chi connectivity index (χ3n) is 6.05.